The minimum Gasteiger partial charge on any atom is -0.412 e. The second-order valence-corrected chi connectivity index (χ2v) is 7.35. The van der Waals surface area contributed by atoms with E-state index in [2.05, 4.69) is 40.8 Å². The molecule has 0 aromatic carbocycles. The minimum atomic E-state index is -0.696. The maximum atomic E-state index is 12.6. The Morgan fingerprint density at radius 1 is 1.19 bits per heavy atom. The van der Waals surface area contributed by atoms with E-state index in [-0.39, 0.29) is 33.6 Å². The molecule has 1 saturated heterocycles. The van der Waals surface area contributed by atoms with Gasteiger partial charge in [0.15, 0.2) is 16.3 Å². The first kappa shape index (κ1) is 27.0. The van der Waals surface area contributed by atoms with E-state index in [9.17, 15) is 14.4 Å². The average molecular weight is 388 g/mol. The van der Waals surface area contributed by atoms with Crippen molar-refractivity contribution in [2.45, 2.75) is 70.0 Å². The smallest absolute Gasteiger partial charge is 0.245 e. The lowest BCUT2D eigenvalue weighted by atomic mass is 10.1. The second kappa shape index (κ2) is 12.3. The molecule has 150 valence electrons. The number of nitrogens with one attached hydrogen (secondary N) is 2. The summed E-state index contributed by atoms with van der Waals surface area (Å²) >= 11 is 2.65. The third-order valence-electron chi connectivity index (χ3n) is 4.55. The second-order valence-electron chi connectivity index (χ2n) is 6.63. The van der Waals surface area contributed by atoms with Crippen molar-refractivity contribution in [2.75, 3.05) is 6.54 Å². The van der Waals surface area contributed by atoms with Gasteiger partial charge in [0, 0.05) is 6.54 Å². The SMILES string of the molecule is CC[C@@H](C)[C@@H]([Al])NC(=O)[C@@H]1CCCN1C(=O)[C@H](C)NC(=O)[C@H](C)N.O.O. The number of nitrogens with two attached hydrogens (primary N) is 1. The summed E-state index contributed by atoms with van der Waals surface area (Å²) in [5.74, 6) is -0.413. The fourth-order valence-electron chi connectivity index (χ4n) is 2.62. The predicted molar refractivity (Wildman–Crippen MR) is 100 cm³/mol. The van der Waals surface area contributed by atoms with Crippen molar-refractivity contribution in [1.29, 1.82) is 0 Å². The van der Waals surface area contributed by atoms with Crippen molar-refractivity contribution in [1.82, 2.24) is 15.5 Å². The molecule has 0 aliphatic carbocycles. The number of carbonyl (C=O) groups excluding carboxylic acids is 3. The highest BCUT2D eigenvalue weighted by molar-refractivity contribution is 6.13. The van der Waals surface area contributed by atoms with Gasteiger partial charge in [-0.2, -0.15) is 0 Å². The number of hydrogen-bond donors (Lipinski definition) is 3. The molecule has 1 rings (SSSR count). The molecule has 1 aliphatic heterocycles. The number of rotatable bonds is 7. The van der Waals surface area contributed by atoms with Gasteiger partial charge in [0.05, 0.1) is 6.04 Å². The number of carbonyl (C=O) groups is 3. The van der Waals surface area contributed by atoms with Gasteiger partial charge in [-0.15, -0.1) is 0 Å². The van der Waals surface area contributed by atoms with Crippen molar-refractivity contribution in [3.63, 3.8) is 0 Å². The molecule has 3 amide bonds. The molecule has 0 spiro atoms. The van der Waals surface area contributed by atoms with Crippen LogP contribution >= 0.6 is 0 Å². The minimum absolute atomic E-state index is 0. The fourth-order valence-corrected chi connectivity index (χ4v) is 3.05. The molecule has 10 heteroatoms. The van der Waals surface area contributed by atoms with Crippen LogP contribution in [-0.2, 0) is 14.4 Å². The standard InChI is InChI=1S/C16H29N4O3.Al.2H2O/c1-5-10(2)9-18-15(22)13-7-6-8-20(13)16(23)12(4)19-14(21)11(3)17;;;/h9-13H,5-8,17H2,1-4H3,(H,18,22)(H,19,21);;2*1H2/t10-,11+,12+,13+;;;/m1.../s1. The van der Waals surface area contributed by atoms with Gasteiger partial charge in [-0.3, -0.25) is 14.4 Å². The van der Waals surface area contributed by atoms with Crippen LogP contribution in [0, 0.1) is 5.92 Å². The van der Waals surface area contributed by atoms with Crippen LogP contribution in [0.1, 0.15) is 47.0 Å². The molecular formula is C16H33AlN4O5. The van der Waals surface area contributed by atoms with E-state index in [4.69, 9.17) is 5.73 Å². The maximum absolute atomic E-state index is 12.6. The first-order chi connectivity index (χ1) is 11.2. The van der Waals surface area contributed by atoms with E-state index in [1.165, 1.54) is 0 Å². The summed E-state index contributed by atoms with van der Waals surface area (Å²) in [6, 6.07) is -1.84. The topological polar surface area (TPSA) is 168 Å². The molecule has 0 saturated carbocycles. The molecule has 1 aliphatic rings. The highest BCUT2D eigenvalue weighted by Gasteiger charge is 2.36. The molecule has 8 N–H and O–H groups in total. The first-order valence-electron chi connectivity index (χ1n) is 8.61. The third kappa shape index (κ3) is 7.21. The van der Waals surface area contributed by atoms with E-state index in [1.807, 2.05) is 0 Å². The quantitative estimate of drug-likeness (QED) is 0.422. The van der Waals surface area contributed by atoms with Gasteiger partial charge >= 0.3 is 0 Å². The Kier molecular flexibility index (Phi) is 12.7. The Hall–Kier alpha value is -1.18. The first-order valence-corrected chi connectivity index (χ1v) is 9.28. The average Bonchev–Trinajstić information content (AvgIpc) is 3.02. The van der Waals surface area contributed by atoms with Gasteiger partial charge in [-0.1, -0.05) is 20.3 Å². The highest BCUT2D eigenvalue weighted by Crippen LogP contribution is 2.19. The monoisotopic (exact) mass is 388 g/mol. The molecule has 0 unspecified atom stereocenters. The molecule has 1 heterocycles. The number of hydrogen-bond acceptors (Lipinski definition) is 4. The fraction of sp³-hybridized carbons (Fsp3) is 0.812. The molecule has 2 radical (unpaired) electrons. The predicted octanol–water partition coefficient (Wildman–Crippen LogP) is -2.16. The van der Waals surface area contributed by atoms with E-state index < -0.39 is 18.1 Å². The zero-order valence-corrected chi connectivity index (χ0v) is 17.2. The van der Waals surface area contributed by atoms with Crippen LogP contribution in [0.4, 0.5) is 0 Å². The lowest BCUT2D eigenvalue weighted by Gasteiger charge is -2.30. The Bertz CT molecular complexity index is 478. The summed E-state index contributed by atoms with van der Waals surface area (Å²) in [7, 11) is 0. The van der Waals surface area contributed by atoms with Crippen LogP contribution in [0.2, 0.25) is 0 Å². The lowest BCUT2D eigenvalue weighted by molar-refractivity contribution is -0.141. The molecule has 0 aromatic heterocycles. The molecule has 26 heavy (non-hydrogen) atoms. The zero-order valence-electron chi connectivity index (χ0n) is 16.0. The van der Waals surface area contributed by atoms with Crippen LogP contribution in [0.15, 0.2) is 0 Å². The van der Waals surface area contributed by atoms with Gasteiger partial charge in [0.25, 0.3) is 0 Å². The highest BCUT2D eigenvalue weighted by atomic mass is 27.0. The van der Waals surface area contributed by atoms with Gasteiger partial charge in [-0.25, -0.2) is 0 Å². The Morgan fingerprint density at radius 2 is 1.77 bits per heavy atom. The Balaban J connectivity index is 0. The molecule has 1 fully saturated rings. The molecule has 0 aromatic rings. The third-order valence-corrected chi connectivity index (χ3v) is 5.37. The summed E-state index contributed by atoms with van der Waals surface area (Å²) < 4.78 is 0. The molecule has 0 bridgehead atoms. The summed E-state index contributed by atoms with van der Waals surface area (Å²) in [5.41, 5.74) is 5.51. The van der Waals surface area contributed by atoms with Crippen molar-refractivity contribution in [3.8, 4) is 0 Å². The Morgan fingerprint density at radius 3 is 2.27 bits per heavy atom. The van der Waals surface area contributed by atoms with Crippen molar-refractivity contribution in [3.05, 3.63) is 0 Å². The van der Waals surface area contributed by atoms with Crippen LogP contribution < -0.4 is 16.4 Å². The largest absolute Gasteiger partial charge is 0.412 e. The summed E-state index contributed by atoms with van der Waals surface area (Å²) in [4.78, 5) is 38.3. The van der Waals surface area contributed by atoms with Gasteiger partial charge in [-0.05, 0) is 37.5 Å². The van der Waals surface area contributed by atoms with Gasteiger partial charge in [0.1, 0.15) is 12.1 Å². The van der Waals surface area contributed by atoms with E-state index in [0.29, 0.717) is 18.9 Å². The van der Waals surface area contributed by atoms with E-state index >= 15 is 0 Å². The van der Waals surface area contributed by atoms with Gasteiger partial charge < -0.3 is 32.2 Å². The van der Waals surface area contributed by atoms with Crippen molar-refractivity contribution >= 4 is 34.0 Å². The van der Waals surface area contributed by atoms with Crippen LogP contribution in [0.3, 0.4) is 0 Å². The summed E-state index contributed by atoms with van der Waals surface area (Å²) in [6.45, 7) is 7.85. The Labute approximate surface area is 163 Å². The lowest BCUT2D eigenvalue weighted by Crippen LogP contribution is -2.55. The van der Waals surface area contributed by atoms with Crippen molar-refractivity contribution in [2.24, 2.45) is 11.7 Å². The number of amides is 3. The summed E-state index contributed by atoms with van der Waals surface area (Å²) in [5, 5.41) is 5.57. The molecule has 5 atom stereocenters. The molecular weight excluding hydrogens is 355 g/mol. The van der Waals surface area contributed by atoms with Gasteiger partial charge in [0.2, 0.25) is 17.7 Å². The normalized spacial score (nSPS) is 20.7. The maximum Gasteiger partial charge on any atom is 0.245 e. The molecule has 9 nitrogen and oxygen atoms in total. The van der Waals surface area contributed by atoms with Crippen LogP contribution in [0.25, 0.3) is 0 Å². The van der Waals surface area contributed by atoms with E-state index in [0.717, 1.165) is 12.8 Å². The summed E-state index contributed by atoms with van der Waals surface area (Å²) in [6.07, 6.45) is 2.38. The number of likely N-dealkylation sites (tertiary alicyclic amines) is 1. The van der Waals surface area contributed by atoms with Crippen molar-refractivity contribution < 1.29 is 25.3 Å². The zero-order chi connectivity index (χ0) is 18.4. The number of nitrogens with zero attached hydrogens (tertiary/aromatic N) is 1. The van der Waals surface area contributed by atoms with Crippen LogP contribution in [-0.4, -0.2) is 79.4 Å². The van der Waals surface area contributed by atoms with Crippen LogP contribution in [0.5, 0.6) is 0 Å². The van der Waals surface area contributed by atoms with E-state index in [1.54, 1.807) is 18.7 Å².